The van der Waals surface area contributed by atoms with Gasteiger partial charge >= 0.3 is 12.3 Å². The summed E-state index contributed by atoms with van der Waals surface area (Å²) >= 11 is 0. The molecule has 1 saturated heterocycles. The number of hydrogen-bond acceptors (Lipinski definition) is 5. The van der Waals surface area contributed by atoms with Gasteiger partial charge in [0.05, 0.1) is 6.04 Å². The van der Waals surface area contributed by atoms with E-state index in [0.29, 0.717) is 0 Å². The van der Waals surface area contributed by atoms with Crippen molar-refractivity contribution in [3.63, 3.8) is 0 Å². The lowest BCUT2D eigenvalue weighted by atomic mass is 10.1. The van der Waals surface area contributed by atoms with Crippen LogP contribution in [0.3, 0.4) is 0 Å². The van der Waals surface area contributed by atoms with E-state index in [1.165, 1.54) is 27.1 Å². The van der Waals surface area contributed by atoms with E-state index in [1.807, 2.05) is 0 Å². The number of nitrogens with one attached hydrogen (secondary N) is 1. The van der Waals surface area contributed by atoms with Gasteiger partial charge in [-0.2, -0.15) is 13.2 Å². The predicted molar refractivity (Wildman–Crippen MR) is 130 cm³/mol. The molecule has 2 amide bonds. The molecule has 0 spiro atoms. The molecule has 36 heavy (non-hydrogen) atoms. The molecule has 1 saturated carbocycles. The second kappa shape index (κ2) is 11.6. The minimum atomic E-state index is -4.76. The van der Waals surface area contributed by atoms with Crippen LogP contribution in [0.15, 0.2) is 21.8 Å². The summed E-state index contributed by atoms with van der Waals surface area (Å²) in [7, 11) is 1.19. The van der Waals surface area contributed by atoms with Gasteiger partial charge in [0.15, 0.2) is 0 Å². The quantitative estimate of drug-likeness (QED) is 0.222. The summed E-state index contributed by atoms with van der Waals surface area (Å²) in [6.45, 7) is 11.2. The van der Waals surface area contributed by atoms with E-state index in [-0.39, 0.29) is 25.3 Å². The Labute approximate surface area is 209 Å². The van der Waals surface area contributed by atoms with Crippen molar-refractivity contribution < 1.29 is 31.9 Å². The van der Waals surface area contributed by atoms with Gasteiger partial charge in [0, 0.05) is 32.6 Å². The maximum atomic E-state index is 14.6. The largest absolute Gasteiger partial charge is 0.449 e. The van der Waals surface area contributed by atoms with Crippen LogP contribution in [-0.2, 0) is 9.53 Å². The van der Waals surface area contributed by atoms with Crippen molar-refractivity contribution in [3.8, 4) is 0 Å². The van der Waals surface area contributed by atoms with Crippen LogP contribution in [-0.4, -0.2) is 84.1 Å². The molecule has 1 aliphatic heterocycles. The summed E-state index contributed by atoms with van der Waals surface area (Å²) in [6, 6.07) is -2.19. The third-order valence-electron chi connectivity index (χ3n) is 6.11. The van der Waals surface area contributed by atoms with E-state index in [0.717, 1.165) is 28.2 Å². The van der Waals surface area contributed by atoms with E-state index >= 15 is 0 Å². The summed E-state index contributed by atoms with van der Waals surface area (Å²) in [5.74, 6) is -1.78. The molecule has 1 N–H and O–H groups in total. The summed E-state index contributed by atoms with van der Waals surface area (Å²) in [5.41, 5.74) is -0.137. The highest BCUT2D eigenvalue weighted by molar-refractivity contribution is 5.90. The third kappa shape index (κ3) is 7.67. The molecule has 2 fully saturated rings. The zero-order chi connectivity index (χ0) is 27.4. The highest BCUT2D eigenvalue weighted by atomic mass is 19.4. The van der Waals surface area contributed by atoms with Crippen molar-refractivity contribution in [3.05, 3.63) is 11.8 Å². The molecular weight excluding hydrogens is 482 g/mol. The highest BCUT2D eigenvalue weighted by Gasteiger charge is 2.48. The van der Waals surface area contributed by atoms with Gasteiger partial charge in [-0.1, -0.05) is 0 Å². The van der Waals surface area contributed by atoms with Crippen LogP contribution in [0.2, 0.25) is 0 Å². The van der Waals surface area contributed by atoms with E-state index in [4.69, 9.17) is 4.74 Å². The molecular formula is C24H37F4N5O3. The van der Waals surface area contributed by atoms with Crippen molar-refractivity contribution >= 4 is 24.6 Å². The molecule has 2 aliphatic rings. The van der Waals surface area contributed by atoms with Crippen LogP contribution < -0.4 is 5.32 Å². The van der Waals surface area contributed by atoms with Crippen LogP contribution in [0.25, 0.3) is 0 Å². The number of carbonyl (C=O) groups excluding carboxylic acids is 2. The first-order valence-corrected chi connectivity index (χ1v) is 12.1. The molecule has 1 aliphatic carbocycles. The van der Waals surface area contributed by atoms with Gasteiger partial charge in [-0.3, -0.25) is 19.7 Å². The second-order valence-corrected chi connectivity index (χ2v) is 10.2. The Morgan fingerprint density at radius 3 is 2.36 bits per heavy atom. The van der Waals surface area contributed by atoms with Crippen LogP contribution >= 0.6 is 0 Å². The van der Waals surface area contributed by atoms with Gasteiger partial charge in [0.1, 0.15) is 24.0 Å². The summed E-state index contributed by atoms with van der Waals surface area (Å²) in [4.78, 5) is 35.4. The monoisotopic (exact) mass is 519 g/mol. The number of likely N-dealkylation sites (tertiary alicyclic amines) is 1. The van der Waals surface area contributed by atoms with Crippen LogP contribution in [0.1, 0.15) is 60.3 Å². The second-order valence-electron chi connectivity index (χ2n) is 10.2. The fourth-order valence-corrected chi connectivity index (χ4v) is 4.19. The van der Waals surface area contributed by atoms with Crippen LogP contribution in [0.5, 0.6) is 0 Å². The summed E-state index contributed by atoms with van der Waals surface area (Å²) in [5, 5.41) is 2.62. The zero-order valence-electron chi connectivity index (χ0n) is 21.7. The number of hydrogen-bond donors (Lipinski definition) is 1. The van der Waals surface area contributed by atoms with Gasteiger partial charge < -0.3 is 15.0 Å². The molecule has 0 aromatic rings. The Bertz CT molecular complexity index is 880. The molecule has 0 bridgehead atoms. The Morgan fingerprint density at radius 1 is 1.28 bits per heavy atom. The van der Waals surface area contributed by atoms with Gasteiger partial charge in [-0.05, 0) is 65.7 Å². The lowest BCUT2D eigenvalue weighted by molar-refractivity contribution is -0.127. The Morgan fingerprint density at radius 2 is 1.89 bits per heavy atom. The minimum Gasteiger partial charge on any atom is -0.444 e. The maximum absolute atomic E-state index is 14.6. The number of halogens is 4. The summed E-state index contributed by atoms with van der Waals surface area (Å²) < 4.78 is 61.4. The first-order valence-electron chi connectivity index (χ1n) is 12.1. The van der Waals surface area contributed by atoms with Crippen molar-refractivity contribution in [1.29, 1.82) is 0 Å². The number of nitrogens with zero attached hydrogens (tertiary/aromatic N) is 4. The van der Waals surface area contributed by atoms with Gasteiger partial charge in [0.2, 0.25) is 11.7 Å². The number of carbonyl (C=O) groups is 2. The number of alkyl halides is 4. The third-order valence-corrected chi connectivity index (χ3v) is 6.11. The molecule has 0 aromatic carbocycles. The van der Waals surface area contributed by atoms with E-state index < -0.39 is 54.0 Å². The summed E-state index contributed by atoms with van der Waals surface area (Å²) in [6.07, 6.45) is -5.35. The number of aliphatic imine (C=N–C) groups is 2. The van der Waals surface area contributed by atoms with E-state index in [2.05, 4.69) is 22.0 Å². The molecule has 1 heterocycles. The Balaban J connectivity index is 2.37. The average Bonchev–Trinajstić information content (AvgIpc) is 3.54. The number of rotatable bonds is 8. The van der Waals surface area contributed by atoms with Crippen LogP contribution in [0, 0.1) is 5.92 Å². The molecule has 2 rings (SSSR count). The Hall–Kier alpha value is -2.66. The first kappa shape index (κ1) is 29.6. The zero-order valence-corrected chi connectivity index (χ0v) is 21.7. The molecule has 0 aromatic heterocycles. The van der Waals surface area contributed by atoms with E-state index in [1.54, 1.807) is 20.8 Å². The van der Waals surface area contributed by atoms with Crippen molar-refractivity contribution in [2.75, 3.05) is 13.6 Å². The maximum Gasteiger partial charge on any atom is 0.449 e. The fourth-order valence-electron chi connectivity index (χ4n) is 4.19. The highest BCUT2D eigenvalue weighted by Crippen LogP contribution is 2.39. The molecule has 12 heteroatoms. The van der Waals surface area contributed by atoms with Gasteiger partial charge in [-0.25, -0.2) is 9.18 Å². The first-order chi connectivity index (χ1) is 16.6. The molecule has 204 valence electrons. The SMILES string of the molecule is C=N/C=C(\CC(NC(=O)[C@@H]1C[C@@H](F)[C@H](C)N1C(=O)OC(C)(C)C)N(C)/C(=N\CC)C(F)(F)F)C1CC1. The van der Waals surface area contributed by atoms with Crippen molar-refractivity contribution in [2.24, 2.45) is 15.9 Å². The van der Waals surface area contributed by atoms with Crippen molar-refractivity contribution in [1.82, 2.24) is 15.1 Å². The lowest BCUT2D eigenvalue weighted by Gasteiger charge is -2.35. The minimum absolute atomic E-state index is 0.0263. The lowest BCUT2D eigenvalue weighted by Crippen LogP contribution is -2.57. The molecule has 0 radical (unpaired) electrons. The topological polar surface area (TPSA) is 86.6 Å². The number of amides is 2. The normalized spacial score (nSPS) is 24.4. The van der Waals surface area contributed by atoms with E-state index in [9.17, 15) is 27.2 Å². The van der Waals surface area contributed by atoms with Gasteiger partial charge in [0.25, 0.3) is 0 Å². The fraction of sp³-hybridized carbons (Fsp3) is 0.750. The smallest absolute Gasteiger partial charge is 0.444 e. The number of ether oxygens (including phenoxy) is 1. The standard InChI is InChI=1S/C24H37F4N5O3/c1-8-30-21(24(26,27)28)32(7)19(11-16(13-29-6)15-9-10-15)31-20(34)18-12-17(25)14(2)33(18)22(35)36-23(3,4)5/h13-15,17-19H,6,8-12H2,1-5,7H3,(H,31,34)/b16-13+,30-21-/t14-,17+,18-,19?/m0/s1. The average molecular weight is 520 g/mol. The molecule has 1 unspecified atom stereocenters. The molecule has 8 nitrogen and oxygen atoms in total. The predicted octanol–water partition coefficient (Wildman–Crippen LogP) is 4.46. The van der Waals surface area contributed by atoms with Gasteiger partial charge in [-0.15, -0.1) is 0 Å². The Kier molecular flexibility index (Phi) is 9.52. The van der Waals surface area contributed by atoms with Crippen molar-refractivity contribution in [2.45, 2.75) is 96.5 Å². The van der Waals surface area contributed by atoms with Crippen LogP contribution in [0.4, 0.5) is 22.4 Å². The number of amidine groups is 1. The molecule has 4 atom stereocenters.